The van der Waals surface area contributed by atoms with Crippen molar-refractivity contribution in [3.63, 3.8) is 0 Å². The Labute approximate surface area is 63.9 Å². The van der Waals surface area contributed by atoms with Gasteiger partial charge in [0.2, 0.25) is 0 Å². The van der Waals surface area contributed by atoms with Gasteiger partial charge in [-0.05, 0) is 24.6 Å². The lowest BCUT2D eigenvalue weighted by Crippen LogP contribution is -1.99. The monoisotopic (exact) mass is 162 g/mol. The van der Waals surface area contributed by atoms with Crippen LogP contribution in [0, 0.1) is 0 Å². The summed E-state index contributed by atoms with van der Waals surface area (Å²) < 4.78 is 12.3. The van der Waals surface area contributed by atoms with Gasteiger partial charge in [0.1, 0.15) is 5.83 Å². The smallest absolute Gasteiger partial charge is 0.193 e. The maximum Gasteiger partial charge on any atom is 0.193 e. The zero-order valence-corrected chi connectivity index (χ0v) is 6.27. The summed E-state index contributed by atoms with van der Waals surface area (Å²) in [5.74, 6) is -0.480. The summed E-state index contributed by atoms with van der Waals surface area (Å²) in [6.07, 6.45) is 3.75. The first-order valence-corrected chi connectivity index (χ1v) is 3.01. The summed E-state index contributed by atoms with van der Waals surface area (Å²) in [5, 5.41) is -0.181. The van der Waals surface area contributed by atoms with E-state index < -0.39 is 5.83 Å². The fourth-order valence-electron chi connectivity index (χ4n) is 0.326. The number of amidine groups is 1. The van der Waals surface area contributed by atoms with E-state index in [0.29, 0.717) is 0 Å². The van der Waals surface area contributed by atoms with Gasteiger partial charge in [0.05, 0.1) is 6.20 Å². The average molecular weight is 163 g/mol. The van der Waals surface area contributed by atoms with Crippen molar-refractivity contribution in [2.24, 2.45) is 10.7 Å². The molecule has 0 aliphatic heterocycles. The van der Waals surface area contributed by atoms with Gasteiger partial charge in [0.15, 0.2) is 5.29 Å². The van der Waals surface area contributed by atoms with Gasteiger partial charge < -0.3 is 5.73 Å². The van der Waals surface area contributed by atoms with Gasteiger partial charge >= 0.3 is 0 Å². The highest BCUT2D eigenvalue weighted by Crippen LogP contribution is 1.98. The molecule has 2 N–H and O–H groups in total. The fraction of sp³-hybridized carbons (Fsp3) is 0.167. The molecular formula is C6H8ClFN2. The summed E-state index contributed by atoms with van der Waals surface area (Å²) >= 11 is 5.11. The summed E-state index contributed by atoms with van der Waals surface area (Å²) in [4.78, 5) is 3.31. The molecule has 0 aromatic heterocycles. The van der Waals surface area contributed by atoms with Crippen molar-refractivity contribution in [3.8, 4) is 0 Å². The predicted octanol–water partition coefficient (Wildman–Crippen LogP) is 1.93. The van der Waals surface area contributed by atoms with Gasteiger partial charge in [-0.15, -0.1) is 0 Å². The molecule has 0 rings (SSSR count). The molecule has 0 aromatic carbocycles. The maximum absolute atomic E-state index is 12.3. The van der Waals surface area contributed by atoms with E-state index in [2.05, 4.69) is 4.99 Å². The summed E-state index contributed by atoms with van der Waals surface area (Å²) in [5.41, 5.74) is 4.92. The van der Waals surface area contributed by atoms with Crippen molar-refractivity contribution in [1.29, 1.82) is 0 Å². The molecule has 0 aromatic rings. The molecule has 0 spiro atoms. The topological polar surface area (TPSA) is 38.4 Å². The summed E-state index contributed by atoms with van der Waals surface area (Å²) in [6, 6.07) is 0. The Morgan fingerprint density at radius 2 is 2.30 bits per heavy atom. The number of nitrogens with two attached hydrogens (primary N) is 1. The van der Waals surface area contributed by atoms with Crippen LogP contribution in [0.3, 0.4) is 0 Å². The largest absolute Gasteiger partial charge is 0.374 e. The van der Waals surface area contributed by atoms with Crippen LogP contribution < -0.4 is 5.73 Å². The lowest BCUT2D eigenvalue weighted by atomic mass is 10.5. The van der Waals surface area contributed by atoms with E-state index in [9.17, 15) is 4.39 Å². The van der Waals surface area contributed by atoms with Crippen LogP contribution in [0.2, 0.25) is 0 Å². The SMILES string of the molecule is C/C=C/C(F)=C\N=C(N)Cl. The van der Waals surface area contributed by atoms with Gasteiger partial charge in [0, 0.05) is 0 Å². The van der Waals surface area contributed by atoms with Crippen molar-refractivity contribution in [2.45, 2.75) is 6.92 Å². The van der Waals surface area contributed by atoms with Crippen molar-refractivity contribution < 1.29 is 4.39 Å². The van der Waals surface area contributed by atoms with E-state index >= 15 is 0 Å². The van der Waals surface area contributed by atoms with Crippen LogP contribution in [0.25, 0.3) is 0 Å². The minimum atomic E-state index is -0.480. The molecule has 0 amide bonds. The molecule has 4 heteroatoms. The zero-order chi connectivity index (χ0) is 7.98. The Balaban J connectivity index is 4.05. The zero-order valence-electron chi connectivity index (χ0n) is 5.51. The molecule has 0 unspecified atom stereocenters. The molecule has 0 fully saturated rings. The standard InChI is InChI=1S/C6H8ClFN2/c1-2-3-5(8)4-10-6(7)9/h2-4H,1H3,(H2,9,10)/b3-2+,5-4+. The molecule has 0 radical (unpaired) electrons. The Bertz CT molecular complexity index is 180. The second kappa shape index (κ2) is 4.99. The Morgan fingerprint density at radius 1 is 1.70 bits per heavy atom. The molecule has 10 heavy (non-hydrogen) atoms. The van der Waals surface area contributed by atoms with Gasteiger partial charge in [-0.2, -0.15) is 0 Å². The number of allylic oxidation sites excluding steroid dienone is 3. The number of aliphatic imine (C=N–C) groups is 1. The highest BCUT2D eigenvalue weighted by Gasteiger charge is 1.83. The number of rotatable bonds is 2. The quantitative estimate of drug-likeness (QED) is 0.287. The van der Waals surface area contributed by atoms with Crippen LogP contribution in [-0.2, 0) is 0 Å². The van der Waals surface area contributed by atoms with Crippen molar-refractivity contribution in [2.75, 3.05) is 0 Å². The number of nitrogens with zero attached hydrogens (tertiary/aromatic N) is 1. The van der Waals surface area contributed by atoms with Crippen LogP contribution in [0.1, 0.15) is 6.92 Å². The van der Waals surface area contributed by atoms with Gasteiger partial charge in [0.25, 0.3) is 0 Å². The lowest BCUT2D eigenvalue weighted by molar-refractivity contribution is 0.663. The first-order valence-electron chi connectivity index (χ1n) is 2.64. The molecule has 0 atom stereocenters. The lowest BCUT2D eigenvalue weighted by Gasteiger charge is -1.82. The van der Waals surface area contributed by atoms with E-state index in [1.165, 1.54) is 6.08 Å². The first kappa shape index (κ1) is 9.17. The second-order valence-corrected chi connectivity index (χ2v) is 1.85. The van der Waals surface area contributed by atoms with E-state index in [1.54, 1.807) is 13.0 Å². The van der Waals surface area contributed by atoms with Crippen LogP contribution in [0.15, 0.2) is 29.2 Å². The number of hydrogen-bond acceptors (Lipinski definition) is 1. The highest BCUT2D eigenvalue weighted by molar-refractivity contribution is 6.64. The van der Waals surface area contributed by atoms with E-state index in [4.69, 9.17) is 17.3 Å². The Morgan fingerprint density at radius 3 is 2.70 bits per heavy atom. The van der Waals surface area contributed by atoms with E-state index in [0.717, 1.165) is 6.20 Å². The second-order valence-electron chi connectivity index (χ2n) is 1.47. The van der Waals surface area contributed by atoms with Crippen molar-refractivity contribution in [3.05, 3.63) is 24.2 Å². The van der Waals surface area contributed by atoms with Crippen LogP contribution in [0.4, 0.5) is 4.39 Å². The normalized spacial score (nSPS) is 14.7. The van der Waals surface area contributed by atoms with Crippen molar-refractivity contribution in [1.82, 2.24) is 0 Å². The average Bonchev–Trinajstić information content (AvgIpc) is 1.85. The molecular weight excluding hydrogens is 155 g/mol. The first-order chi connectivity index (χ1) is 4.66. The third kappa shape index (κ3) is 5.31. The number of hydrogen-bond donors (Lipinski definition) is 1. The van der Waals surface area contributed by atoms with Crippen LogP contribution in [0.5, 0.6) is 0 Å². The molecule has 0 aliphatic rings. The maximum atomic E-state index is 12.3. The van der Waals surface area contributed by atoms with Crippen LogP contribution in [-0.4, -0.2) is 5.29 Å². The van der Waals surface area contributed by atoms with E-state index in [1.807, 2.05) is 0 Å². The van der Waals surface area contributed by atoms with Crippen LogP contribution >= 0.6 is 11.6 Å². The minimum Gasteiger partial charge on any atom is -0.374 e. The molecule has 0 saturated carbocycles. The fourth-order valence-corrected chi connectivity index (χ4v) is 0.374. The van der Waals surface area contributed by atoms with E-state index in [-0.39, 0.29) is 5.29 Å². The molecule has 0 aliphatic carbocycles. The van der Waals surface area contributed by atoms with Gasteiger partial charge in [-0.1, -0.05) is 6.08 Å². The summed E-state index contributed by atoms with van der Waals surface area (Å²) in [7, 11) is 0. The molecule has 0 bridgehead atoms. The number of halogens is 2. The molecule has 0 heterocycles. The Hall–Kier alpha value is -0.830. The van der Waals surface area contributed by atoms with Gasteiger partial charge in [-0.3, -0.25) is 0 Å². The third-order valence-corrected chi connectivity index (χ3v) is 0.735. The Kier molecular flexibility index (Phi) is 4.58. The molecule has 0 saturated heterocycles. The third-order valence-electron chi connectivity index (χ3n) is 0.637. The minimum absolute atomic E-state index is 0.181. The summed E-state index contributed by atoms with van der Waals surface area (Å²) in [6.45, 7) is 1.70. The van der Waals surface area contributed by atoms with Crippen molar-refractivity contribution >= 4 is 16.9 Å². The molecule has 56 valence electrons. The highest BCUT2D eigenvalue weighted by atomic mass is 35.5. The molecule has 2 nitrogen and oxygen atoms in total. The van der Waals surface area contributed by atoms with Gasteiger partial charge in [-0.25, -0.2) is 9.38 Å². The predicted molar refractivity (Wildman–Crippen MR) is 41.5 cm³/mol.